The molecule has 2 unspecified atom stereocenters. The number of fused-ring (bicyclic) bond motifs is 1. The number of halogens is 1. The van der Waals surface area contributed by atoms with Crippen LogP contribution in [0.25, 0.3) is 12.2 Å². The van der Waals surface area contributed by atoms with Gasteiger partial charge in [-0.3, -0.25) is 0 Å². The molecule has 1 heterocycles. The zero-order valence-electron chi connectivity index (χ0n) is 20.2. The van der Waals surface area contributed by atoms with Crippen molar-refractivity contribution in [3.8, 4) is 0 Å². The highest BCUT2D eigenvalue weighted by Crippen LogP contribution is 2.30. The van der Waals surface area contributed by atoms with Crippen molar-refractivity contribution in [2.45, 2.75) is 52.0 Å². The summed E-state index contributed by atoms with van der Waals surface area (Å²) in [6.07, 6.45) is 16.0. The van der Waals surface area contributed by atoms with Gasteiger partial charge < -0.3 is 5.32 Å². The van der Waals surface area contributed by atoms with Gasteiger partial charge in [0.1, 0.15) is 0 Å². The highest BCUT2D eigenvalue weighted by atomic mass is 35.5. The number of nitrogens with one attached hydrogen (secondary N) is 1. The fraction of sp³-hybridized carbons (Fsp3) is 0.290. The van der Waals surface area contributed by atoms with Gasteiger partial charge >= 0.3 is 0 Å². The van der Waals surface area contributed by atoms with Crippen LogP contribution < -0.4 is 5.32 Å². The van der Waals surface area contributed by atoms with E-state index < -0.39 is 0 Å². The van der Waals surface area contributed by atoms with Crippen molar-refractivity contribution in [2.75, 3.05) is 5.32 Å². The lowest BCUT2D eigenvalue weighted by Gasteiger charge is -2.20. The SMILES string of the molecule is C=C/C(CCC(CC)c1cccc(/C=C/C2C=Cc3ccc(Cl)cc3N2)c1)=C(\C=C)C(C)C. The molecule has 0 aliphatic carbocycles. The van der Waals surface area contributed by atoms with Crippen LogP contribution in [0.4, 0.5) is 5.69 Å². The average Bonchev–Trinajstić information content (AvgIpc) is 2.82. The molecule has 2 aromatic carbocycles. The van der Waals surface area contributed by atoms with Gasteiger partial charge in [0, 0.05) is 10.7 Å². The first kappa shape index (κ1) is 24.9. The predicted molar refractivity (Wildman–Crippen MR) is 148 cm³/mol. The van der Waals surface area contributed by atoms with E-state index in [-0.39, 0.29) is 6.04 Å². The molecule has 1 nitrogen and oxygen atoms in total. The molecule has 33 heavy (non-hydrogen) atoms. The molecule has 1 aliphatic rings. The Bertz CT molecular complexity index is 1070. The maximum Gasteiger partial charge on any atom is 0.0635 e. The van der Waals surface area contributed by atoms with E-state index in [1.807, 2.05) is 30.4 Å². The van der Waals surface area contributed by atoms with E-state index in [4.69, 9.17) is 11.6 Å². The molecular weight excluding hydrogens is 422 g/mol. The average molecular weight is 458 g/mol. The highest BCUT2D eigenvalue weighted by molar-refractivity contribution is 6.31. The van der Waals surface area contributed by atoms with Crippen LogP contribution in [-0.2, 0) is 0 Å². The minimum atomic E-state index is 0.148. The van der Waals surface area contributed by atoms with Crippen molar-refractivity contribution < 1.29 is 0 Å². The minimum absolute atomic E-state index is 0.148. The summed E-state index contributed by atoms with van der Waals surface area (Å²) < 4.78 is 0. The van der Waals surface area contributed by atoms with Crippen molar-refractivity contribution in [3.63, 3.8) is 0 Å². The number of hydrogen-bond acceptors (Lipinski definition) is 1. The molecule has 1 N–H and O–H groups in total. The van der Waals surface area contributed by atoms with E-state index in [0.29, 0.717) is 11.8 Å². The van der Waals surface area contributed by atoms with Gasteiger partial charge in [0.25, 0.3) is 0 Å². The summed E-state index contributed by atoms with van der Waals surface area (Å²) in [6, 6.07) is 15.0. The number of hydrogen-bond donors (Lipinski definition) is 1. The van der Waals surface area contributed by atoms with Crippen molar-refractivity contribution in [3.05, 3.63) is 113 Å². The predicted octanol–water partition coefficient (Wildman–Crippen LogP) is 9.46. The number of allylic oxidation sites excluding steroid dienone is 4. The van der Waals surface area contributed by atoms with Crippen molar-refractivity contribution in [2.24, 2.45) is 5.92 Å². The summed E-state index contributed by atoms with van der Waals surface area (Å²) in [5.74, 6) is 0.989. The Hall–Kier alpha value is -2.77. The summed E-state index contributed by atoms with van der Waals surface area (Å²) in [4.78, 5) is 0. The molecule has 0 radical (unpaired) electrons. The monoisotopic (exact) mass is 457 g/mol. The summed E-state index contributed by atoms with van der Waals surface area (Å²) in [5, 5.41) is 4.29. The minimum Gasteiger partial charge on any atom is -0.375 e. The topological polar surface area (TPSA) is 12.0 Å². The van der Waals surface area contributed by atoms with Gasteiger partial charge in [0.15, 0.2) is 0 Å². The Balaban J connectivity index is 1.70. The zero-order chi connectivity index (χ0) is 23.8. The second-order valence-corrected chi connectivity index (χ2v) is 9.41. The Labute approximate surface area is 205 Å². The second kappa shape index (κ2) is 11.9. The summed E-state index contributed by atoms with van der Waals surface area (Å²) in [5.41, 5.74) is 7.51. The van der Waals surface area contributed by atoms with Gasteiger partial charge in [-0.15, -0.1) is 0 Å². The van der Waals surface area contributed by atoms with Gasteiger partial charge in [-0.25, -0.2) is 0 Å². The molecule has 0 spiro atoms. The van der Waals surface area contributed by atoms with Crippen LogP contribution in [-0.4, -0.2) is 6.04 Å². The number of benzene rings is 2. The van der Waals surface area contributed by atoms with Gasteiger partial charge in [0.05, 0.1) is 6.04 Å². The molecular formula is C31H36ClN. The van der Waals surface area contributed by atoms with E-state index in [2.05, 4.69) is 87.8 Å². The first-order valence-electron chi connectivity index (χ1n) is 12.0. The molecule has 3 rings (SSSR count). The van der Waals surface area contributed by atoms with Crippen LogP contribution >= 0.6 is 11.6 Å². The largest absolute Gasteiger partial charge is 0.375 e. The second-order valence-electron chi connectivity index (χ2n) is 8.98. The molecule has 2 heteroatoms. The molecule has 1 aliphatic heterocycles. The normalized spacial score (nSPS) is 16.8. The van der Waals surface area contributed by atoms with Crippen LogP contribution in [0, 0.1) is 5.92 Å². The van der Waals surface area contributed by atoms with Crippen molar-refractivity contribution in [1.82, 2.24) is 0 Å². The summed E-state index contributed by atoms with van der Waals surface area (Å²) >= 11 is 6.16. The van der Waals surface area contributed by atoms with Crippen molar-refractivity contribution >= 4 is 29.4 Å². The Morgan fingerprint density at radius 1 is 1.12 bits per heavy atom. The highest BCUT2D eigenvalue weighted by Gasteiger charge is 2.13. The lowest BCUT2D eigenvalue weighted by Crippen LogP contribution is -2.17. The van der Waals surface area contributed by atoms with Crippen LogP contribution in [0.1, 0.15) is 62.6 Å². The molecule has 0 amide bonds. The van der Waals surface area contributed by atoms with Crippen LogP contribution in [0.3, 0.4) is 0 Å². The van der Waals surface area contributed by atoms with E-state index in [9.17, 15) is 0 Å². The zero-order valence-corrected chi connectivity index (χ0v) is 20.9. The Morgan fingerprint density at radius 3 is 2.64 bits per heavy atom. The van der Waals surface area contributed by atoms with E-state index in [0.717, 1.165) is 30.0 Å². The Kier molecular flexibility index (Phi) is 8.97. The lowest BCUT2D eigenvalue weighted by atomic mass is 9.87. The third-order valence-electron chi connectivity index (χ3n) is 6.41. The molecule has 0 aromatic heterocycles. The fourth-order valence-corrected chi connectivity index (χ4v) is 4.69. The molecule has 2 atom stereocenters. The molecule has 0 bridgehead atoms. The smallest absolute Gasteiger partial charge is 0.0635 e. The first-order valence-corrected chi connectivity index (χ1v) is 12.3. The van der Waals surface area contributed by atoms with E-state index in [1.54, 1.807) is 0 Å². The third kappa shape index (κ3) is 6.62. The van der Waals surface area contributed by atoms with Gasteiger partial charge in [0.2, 0.25) is 0 Å². The van der Waals surface area contributed by atoms with Crippen LogP contribution in [0.2, 0.25) is 5.02 Å². The molecule has 0 saturated heterocycles. The van der Waals surface area contributed by atoms with Crippen molar-refractivity contribution in [1.29, 1.82) is 0 Å². The standard InChI is InChI=1S/C31H36ClN/c1-6-24(13-14-25(7-2)30(8-3)22(4)5)27-11-9-10-23(20-27)12-18-29-19-16-26-15-17-28(32)21-31(26)33-29/h7-12,15-22,24,29,33H,2-3,6,13-14H2,1,4-5H3/b18-12+,30-25-. The lowest BCUT2D eigenvalue weighted by molar-refractivity contribution is 0.603. The number of rotatable bonds is 10. The van der Waals surface area contributed by atoms with Gasteiger partial charge in [-0.05, 0) is 71.1 Å². The summed E-state index contributed by atoms with van der Waals surface area (Å²) in [6.45, 7) is 14.8. The first-order chi connectivity index (χ1) is 15.9. The number of anilines is 1. The molecule has 172 valence electrons. The van der Waals surface area contributed by atoms with Gasteiger partial charge in [-0.1, -0.05) is 112 Å². The Morgan fingerprint density at radius 2 is 1.94 bits per heavy atom. The fourth-order valence-electron chi connectivity index (χ4n) is 4.52. The molecule has 0 fully saturated rings. The quantitative estimate of drug-likeness (QED) is 0.350. The molecule has 0 saturated carbocycles. The van der Waals surface area contributed by atoms with Crippen LogP contribution in [0.15, 0.2) is 91.1 Å². The van der Waals surface area contributed by atoms with Gasteiger partial charge in [-0.2, -0.15) is 0 Å². The molecule has 2 aromatic rings. The summed E-state index contributed by atoms with van der Waals surface area (Å²) in [7, 11) is 0. The van der Waals surface area contributed by atoms with Crippen LogP contribution in [0.5, 0.6) is 0 Å². The maximum atomic E-state index is 6.16. The maximum absolute atomic E-state index is 6.16. The van der Waals surface area contributed by atoms with E-state index in [1.165, 1.54) is 27.8 Å². The third-order valence-corrected chi connectivity index (χ3v) is 6.65. The van der Waals surface area contributed by atoms with E-state index >= 15 is 0 Å².